The summed E-state index contributed by atoms with van der Waals surface area (Å²) in [5, 5.41) is 0. The fraction of sp³-hybridized carbons (Fsp3) is 0.231. The molecule has 0 bridgehead atoms. The number of ether oxygens (including phenoxy) is 2. The van der Waals surface area contributed by atoms with Crippen LogP contribution in [0.2, 0.25) is 0 Å². The molecule has 192 valence electrons. The number of nitrogens with zero attached hydrogens (tertiary/aromatic N) is 2. The van der Waals surface area contributed by atoms with Gasteiger partial charge < -0.3 is 18.8 Å². The smallest absolute Gasteiger partial charge is 0.299 e. The second-order valence-electron chi connectivity index (χ2n) is 8.70. The second kappa shape index (κ2) is 9.74. The maximum absolute atomic E-state index is 13.7. The molecule has 37 heavy (non-hydrogen) atoms. The standard InChI is InChI=1S/C26H24FN3O6S/c1-34-23-10-8-17-14-30(26-28-20-12-18(27)9-11-22(20)36-26)21(25(31)29-37(2,32)33)13-19(17)24(23)35-15-16-6-4-3-5-7-16/h3-12,21H,13-15H2,1-2H3,(H,29,31)/t21-/m0/s1. The van der Waals surface area contributed by atoms with Crippen LogP contribution in [0.1, 0.15) is 16.7 Å². The summed E-state index contributed by atoms with van der Waals surface area (Å²) < 4.78 is 57.1. The number of fused-ring (bicyclic) bond motifs is 2. The molecule has 11 heteroatoms. The number of hydrogen-bond acceptors (Lipinski definition) is 8. The number of aromatic nitrogens is 1. The average molecular weight is 526 g/mol. The molecule has 1 aliphatic heterocycles. The Bertz CT molecular complexity index is 1570. The predicted octanol–water partition coefficient (Wildman–Crippen LogP) is 3.56. The number of anilines is 1. The molecule has 0 aliphatic carbocycles. The lowest BCUT2D eigenvalue weighted by atomic mass is 9.92. The van der Waals surface area contributed by atoms with Crippen molar-refractivity contribution in [2.75, 3.05) is 18.3 Å². The van der Waals surface area contributed by atoms with Crippen LogP contribution in [-0.4, -0.2) is 38.7 Å². The van der Waals surface area contributed by atoms with Gasteiger partial charge in [0.2, 0.25) is 10.0 Å². The number of rotatable bonds is 7. The molecule has 4 aromatic rings. The first-order valence-electron chi connectivity index (χ1n) is 11.4. The molecule has 0 radical (unpaired) electrons. The summed E-state index contributed by atoms with van der Waals surface area (Å²) in [6, 6.07) is 16.2. The van der Waals surface area contributed by atoms with Crippen LogP contribution < -0.4 is 19.1 Å². The van der Waals surface area contributed by atoms with E-state index in [0.29, 0.717) is 22.6 Å². The summed E-state index contributed by atoms with van der Waals surface area (Å²) in [5.41, 5.74) is 3.10. The van der Waals surface area contributed by atoms with Crippen molar-refractivity contribution in [1.29, 1.82) is 0 Å². The minimum absolute atomic E-state index is 0.0717. The zero-order valence-corrected chi connectivity index (χ0v) is 20.9. The Balaban J connectivity index is 1.56. The Kier molecular flexibility index (Phi) is 6.46. The van der Waals surface area contributed by atoms with Gasteiger partial charge in [-0.3, -0.25) is 9.52 Å². The van der Waals surface area contributed by atoms with Crippen molar-refractivity contribution in [3.8, 4) is 11.5 Å². The number of carbonyl (C=O) groups excluding carboxylic acids is 1. The molecule has 0 unspecified atom stereocenters. The predicted molar refractivity (Wildman–Crippen MR) is 134 cm³/mol. The highest BCUT2D eigenvalue weighted by molar-refractivity contribution is 7.89. The number of hydrogen-bond donors (Lipinski definition) is 1. The van der Waals surface area contributed by atoms with Crippen LogP contribution in [-0.2, 0) is 34.4 Å². The average Bonchev–Trinajstić information content (AvgIpc) is 3.29. The quantitative estimate of drug-likeness (QED) is 0.390. The summed E-state index contributed by atoms with van der Waals surface area (Å²) in [4.78, 5) is 19.1. The maximum atomic E-state index is 13.7. The van der Waals surface area contributed by atoms with E-state index in [1.54, 1.807) is 11.0 Å². The number of methoxy groups -OCH3 is 1. The highest BCUT2D eigenvalue weighted by atomic mass is 32.2. The van der Waals surface area contributed by atoms with Crippen molar-refractivity contribution < 1.29 is 31.5 Å². The summed E-state index contributed by atoms with van der Waals surface area (Å²) in [6.45, 7) is 0.437. The molecule has 5 rings (SSSR count). The van der Waals surface area contributed by atoms with E-state index in [1.807, 2.05) is 36.4 Å². The molecule has 1 aliphatic rings. The molecular weight excluding hydrogens is 501 g/mol. The van der Waals surface area contributed by atoms with Crippen molar-refractivity contribution in [2.24, 2.45) is 0 Å². The number of benzene rings is 3. The monoisotopic (exact) mass is 525 g/mol. The van der Waals surface area contributed by atoms with Gasteiger partial charge in [-0.2, -0.15) is 4.98 Å². The molecule has 3 aromatic carbocycles. The van der Waals surface area contributed by atoms with E-state index in [4.69, 9.17) is 13.9 Å². The first-order chi connectivity index (χ1) is 17.7. The summed E-state index contributed by atoms with van der Waals surface area (Å²) in [5.74, 6) is -0.267. The van der Waals surface area contributed by atoms with Crippen LogP contribution in [0, 0.1) is 5.82 Å². The molecule has 1 atom stereocenters. The Morgan fingerprint density at radius 2 is 1.97 bits per heavy atom. The highest BCUT2D eigenvalue weighted by Crippen LogP contribution is 2.40. The van der Waals surface area contributed by atoms with Crippen LogP contribution in [0.4, 0.5) is 10.4 Å². The largest absolute Gasteiger partial charge is 0.493 e. The van der Waals surface area contributed by atoms with E-state index in [0.717, 1.165) is 17.4 Å². The minimum atomic E-state index is -3.84. The molecule has 0 fully saturated rings. The fourth-order valence-electron chi connectivity index (χ4n) is 4.36. The van der Waals surface area contributed by atoms with Gasteiger partial charge >= 0.3 is 0 Å². The van der Waals surface area contributed by atoms with Gasteiger partial charge in [0.05, 0.1) is 13.4 Å². The Labute approximate surface area is 212 Å². The topological polar surface area (TPSA) is 111 Å². The highest BCUT2D eigenvalue weighted by Gasteiger charge is 2.37. The van der Waals surface area contributed by atoms with E-state index >= 15 is 0 Å². The van der Waals surface area contributed by atoms with E-state index in [-0.39, 0.29) is 31.1 Å². The Morgan fingerprint density at radius 3 is 2.70 bits per heavy atom. The van der Waals surface area contributed by atoms with Gasteiger partial charge in [0.25, 0.3) is 11.9 Å². The third-order valence-corrected chi connectivity index (χ3v) is 6.63. The second-order valence-corrected chi connectivity index (χ2v) is 10.5. The lowest BCUT2D eigenvalue weighted by Gasteiger charge is -2.35. The summed E-state index contributed by atoms with van der Waals surface area (Å²) in [7, 11) is -2.31. The van der Waals surface area contributed by atoms with Crippen LogP contribution in [0.3, 0.4) is 0 Å². The molecule has 1 N–H and O–H groups in total. The lowest BCUT2D eigenvalue weighted by molar-refractivity contribution is -0.120. The Hall–Kier alpha value is -4.12. The lowest BCUT2D eigenvalue weighted by Crippen LogP contribution is -2.51. The van der Waals surface area contributed by atoms with Gasteiger partial charge in [-0.05, 0) is 29.3 Å². The van der Waals surface area contributed by atoms with Gasteiger partial charge in [0.15, 0.2) is 17.1 Å². The molecule has 0 saturated carbocycles. The zero-order chi connectivity index (χ0) is 26.2. The van der Waals surface area contributed by atoms with Gasteiger partial charge in [-0.1, -0.05) is 36.4 Å². The molecule has 9 nitrogen and oxygen atoms in total. The first kappa shape index (κ1) is 24.6. The summed E-state index contributed by atoms with van der Waals surface area (Å²) >= 11 is 0. The molecule has 0 saturated heterocycles. The number of nitrogens with one attached hydrogen (secondary N) is 1. The van der Waals surface area contributed by atoms with E-state index < -0.39 is 27.8 Å². The van der Waals surface area contributed by atoms with Gasteiger partial charge in [-0.15, -0.1) is 0 Å². The normalized spacial score (nSPS) is 15.3. The molecular formula is C26H24FN3O6S. The molecule has 1 amide bonds. The third kappa shape index (κ3) is 5.21. The van der Waals surface area contributed by atoms with Crippen molar-refractivity contribution in [2.45, 2.75) is 25.6 Å². The minimum Gasteiger partial charge on any atom is -0.493 e. The third-order valence-electron chi connectivity index (χ3n) is 6.05. The number of carbonyl (C=O) groups is 1. The molecule has 1 aromatic heterocycles. The fourth-order valence-corrected chi connectivity index (χ4v) is 4.86. The van der Waals surface area contributed by atoms with Crippen molar-refractivity contribution >= 4 is 33.0 Å². The van der Waals surface area contributed by atoms with E-state index in [9.17, 15) is 17.6 Å². The van der Waals surface area contributed by atoms with Crippen LogP contribution in [0.5, 0.6) is 11.5 Å². The van der Waals surface area contributed by atoms with Crippen LogP contribution in [0.25, 0.3) is 11.1 Å². The van der Waals surface area contributed by atoms with Crippen LogP contribution in [0.15, 0.2) is 65.1 Å². The SMILES string of the molecule is COc1ccc2c(c1OCc1ccccc1)C[C@@H](C(=O)NS(C)(=O)=O)N(c1nc3cc(F)ccc3o1)C2. The number of oxazole rings is 1. The van der Waals surface area contributed by atoms with Gasteiger partial charge in [-0.25, -0.2) is 12.8 Å². The number of sulfonamides is 1. The van der Waals surface area contributed by atoms with Crippen molar-refractivity contribution in [3.05, 3.63) is 83.2 Å². The Morgan fingerprint density at radius 1 is 1.19 bits per heavy atom. The first-order valence-corrected chi connectivity index (χ1v) is 13.3. The van der Waals surface area contributed by atoms with Gasteiger partial charge in [0, 0.05) is 24.6 Å². The summed E-state index contributed by atoms with van der Waals surface area (Å²) in [6.07, 6.45) is 0.997. The van der Waals surface area contributed by atoms with E-state index in [1.165, 1.54) is 25.3 Å². The number of halogens is 1. The zero-order valence-electron chi connectivity index (χ0n) is 20.1. The van der Waals surface area contributed by atoms with Gasteiger partial charge in [0.1, 0.15) is 24.0 Å². The maximum Gasteiger partial charge on any atom is 0.299 e. The molecule has 0 spiro atoms. The number of amides is 1. The van der Waals surface area contributed by atoms with Crippen molar-refractivity contribution in [3.63, 3.8) is 0 Å². The van der Waals surface area contributed by atoms with Crippen LogP contribution >= 0.6 is 0 Å². The molecule has 2 heterocycles. The van der Waals surface area contributed by atoms with E-state index in [2.05, 4.69) is 9.71 Å². The van der Waals surface area contributed by atoms with Crippen molar-refractivity contribution in [1.82, 2.24) is 9.71 Å².